The van der Waals surface area contributed by atoms with Crippen LogP contribution < -0.4 is 10.2 Å². The molecule has 0 aliphatic carbocycles. The highest BCUT2D eigenvalue weighted by atomic mass is 32.1. The Morgan fingerprint density at radius 2 is 2.04 bits per heavy atom. The van der Waals surface area contributed by atoms with Gasteiger partial charge in [0, 0.05) is 43.4 Å². The van der Waals surface area contributed by atoms with E-state index in [2.05, 4.69) is 5.32 Å². The lowest BCUT2D eigenvalue weighted by Crippen LogP contribution is -2.40. The van der Waals surface area contributed by atoms with Crippen molar-refractivity contribution in [1.82, 2.24) is 10.2 Å². The summed E-state index contributed by atoms with van der Waals surface area (Å²) in [6.45, 7) is 2.61. The first-order chi connectivity index (χ1) is 12.2. The maximum absolute atomic E-state index is 12.5. The highest BCUT2D eigenvalue weighted by molar-refractivity contribution is 7.08. The zero-order valence-corrected chi connectivity index (χ0v) is 14.8. The molecule has 0 bridgehead atoms. The standard InChI is InChI=1S/C19H21N3O2S/c23-17-10-19(14-22(17)16-6-9-25-12-16)7-8-21(13-19)18(24)20-11-15-4-2-1-3-5-15/h1-6,9,12H,7-8,10-11,13-14H2,(H,20,24)/t19-/m0/s1. The SMILES string of the molecule is O=C(NCc1ccccc1)N1CC[C@]2(CC(=O)N(c3ccsc3)C2)C1. The molecule has 1 N–H and O–H groups in total. The van der Waals surface area contributed by atoms with E-state index in [0.717, 1.165) is 17.7 Å². The quantitative estimate of drug-likeness (QED) is 0.920. The van der Waals surface area contributed by atoms with Crippen molar-refractivity contribution in [2.24, 2.45) is 5.41 Å². The maximum atomic E-state index is 12.5. The number of carbonyl (C=O) groups excluding carboxylic acids is 2. The number of nitrogens with zero attached hydrogens (tertiary/aromatic N) is 2. The third-order valence-electron chi connectivity index (χ3n) is 5.15. The summed E-state index contributed by atoms with van der Waals surface area (Å²) in [5.41, 5.74) is 1.98. The van der Waals surface area contributed by atoms with E-state index in [1.54, 1.807) is 11.3 Å². The molecule has 3 amide bonds. The first kappa shape index (κ1) is 16.1. The number of thiophene rings is 1. The van der Waals surface area contributed by atoms with Crippen LogP contribution in [0.2, 0.25) is 0 Å². The molecule has 2 aliphatic rings. The number of rotatable bonds is 3. The Morgan fingerprint density at radius 3 is 2.80 bits per heavy atom. The van der Waals surface area contributed by atoms with Gasteiger partial charge in [-0.25, -0.2) is 4.79 Å². The van der Waals surface area contributed by atoms with Crippen LogP contribution in [0.1, 0.15) is 18.4 Å². The lowest BCUT2D eigenvalue weighted by molar-refractivity contribution is -0.117. The molecule has 1 aromatic heterocycles. The number of amides is 3. The molecule has 25 heavy (non-hydrogen) atoms. The first-order valence-corrected chi connectivity index (χ1v) is 9.49. The van der Waals surface area contributed by atoms with E-state index in [-0.39, 0.29) is 17.4 Å². The normalized spacial score (nSPS) is 22.8. The van der Waals surface area contributed by atoms with Gasteiger partial charge >= 0.3 is 6.03 Å². The van der Waals surface area contributed by atoms with Crippen LogP contribution in [0.15, 0.2) is 47.2 Å². The van der Waals surface area contributed by atoms with E-state index < -0.39 is 0 Å². The van der Waals surface area contributed by atoms with Gasteiger partial charge < -0.3 is 15.1 Å². The largest absolute Gasteiger partial charge is 0.334 e. The molecule has 4 rings (SSSR count). The van der Waals surface area contributed by atoms with E-state index in [4.69, 9.17) is 0 Å². The molecule has 5 nitrogen and oxygen atoms in total. The minimum Gasteiger partial charge on any atom is -0.334 e. The van der Waals surface area contributed by atoms with Crippen LogP contribution >= 0.6 is 11.3 Å². The van der Waals surface area contributed by atoms with Crippen molar-refractivity contribution >= 4 is 29.0 Å². The molecular formula is C19H21N3O2S. The van der Waals surface area contributed by atoms with Gasteiger partial charge in [-0.15, -0.1) is 0 Å². The number of likely N-dealkylation sites (tertiary alicyclic amines) is 1. The van der Waals surface area contributed by atoms with Crippen molar-refractivity contribution in [3.05, 3.63) is 52.7 Å². The van der Waals surface area contributed by atoms with Crippen LogP contribution in [0, 0.1) is 5.41 Å². The van der Waals surface area contributed by atoms with Crippen molar-refractivity contribution in [2.75, 3.05) is 24.5 Å². The smallest absolute Gasteiger partial charge is 0.317 e. The molecule has 2 fully saturated rings. The highest BCUT2D eigenvalue weighted by Crippen LogP contribution is 2.42. The molecule has 0 radical (unpaired) electrons. The van der Waals surface area contributed by atoms with Gasteiger partial charge in [0.1, 0.15) is 0 Å². The molecule has 1 atom stereocenters. The molecule has 130 valence electrons. The maximum Gasteiger partial charge on any atom is 0.317 e. The van der Waals surface area contributed by atoms with Crippen LogP contribution in [-0.4, -0.2) is 36.5 Å². The second-order valence-electron chi connectivity index (χ2n) is 6.95. The molecule has 6 heteroatoms. The first-order valence-electron chi connectivity index (χ1n) is 8.55. The van der Waals surface area contributed by atoms with Crippen LogP contribution in [-0.2, 0) is 11.3 Å². The summed E-state index contributed by atoms with van der Waals surface area (Å²) >= 11 is 1.60. The van der Waals surface area contributed by atoms with Gasteiger partial charge in [0.25, 0.3) is 0 Å². The summed E-state index contributed by atoms with van der Waals surface area (Å²) in [5, 5.41) is 6.99. The van der Waals surface area contributed by atoms with Crippen LogP contribution in [0.5, 0.6) is 0 Å². The second-order valence-corrected chi connectivity index (χ2v) is 7.73. The van der Waals surface area contributed by atoms with Crippen LogP contribution in [0.4, 0.5) is 10.5 Å². The van der Waals surface area contributed by atoms with Gasteiger partial charge in [-0.2, -0.15) is 11.3 Å². The molecule has 3 heterocycles. The number of anilines is 1. The molecular weight excluding hydrogens is 334 g/mol. The molecule has 0 saturated carbocycles. The number of carbonyl (C=O) groups is 2. The van der Waals surface area contributed by atoms with Crippen LogP contribution in [0.3, 0.4) is 0 Å². The van der Waals surface area contributed by atoms with Gasteiger partial charge in [0.15, 0.2) is 0 Å². The molecule has 0 unspecified atom stereocenters. The number of urea groups is 1. The van der Waals surface area contributed by atoms with Crippen molar-refractivity contribution in [3.63, 3.8) is 0 Å². The molecule has 2 aromatic rings. The van der Waals surface area contributed by atoms with Gasteiger partial charge in [-0.1, -0.05) is 30.3 Å². The average molecular weight is 355 g/mol. The Labute approximate surface area is 151 Å². The highest BCUT2D eigenvalue weighted by Gasteiger charge is 2.48. The monoisotopic (exact) mass is 355 g/mol. The Morgan fingerprint density at radius 1 is 1.20 bits per heavy atom. The summed E-state index contributed by atoms with van der Waals surface area (Å²) in [6, 6.07) is 11.8. The second kappa shape index (κ2) is 6.52. The Kier molecular flexibility index (Phi) is 4.21. The molecule has 2 saturated heterocycles. The summed E-state index contributed by atoms with van der Waals surface area (Å²) in [4.78, 5) is 28.6. The number of benzene rings is 1. The zero-order valence-electron chi connectivity index (χ0n) is 14.0. The van der Waals surface area contributed by atoms with Gasteiger partial charge in [-0.05, 0) is 23.4 Å². The van der Waals surface area contributed by atoms with Crippen molar-refractivity contribution in [2.45, 2.75) is 19.4 Å². The van der Waals surface area contributed by atoms with Crippen molar-refractivity contribution in [1.29, 1.82) is 0 Å². The Balaban J connectivity index is 1.36. The van der Waals surface area contributed by atoms with E-state index in [0.29, 0.717) is 32.6 Å². The Bertz CT molecular complexity index is 762. The van der Waals surface area contributed by atoms with Crippen molar-refractivity contribution in [3.8, 4) is 0 Å². The number of nitrogens with one attached hydrogen (secondary N) is 1. The minimum atomic E-state index is -0.0941. The van der Waals surface area contributed by atoms with Gasteiger partial charge in [-0.3, -0.25) is 4.79 Å². The zero-order chi connectivity index (χ0) is 17.3. The summed E-state index contributed by atoms with van der Waals surface area (Å²) < 4.78 is 0. The third kappa shape index (κ3) is 3.26. The topological polar surface area (TPSA) is 52.7 Å². The average Bonchev–Trinajstić information content (AvgIpc) is 3.35. The van der Waals surface area contributed by atoms with E-state index >= 15 is 0 Å². The fourth-order valence-corrected chi connectivity index (χ4v) is 4.45. The van der Waals surface area contributed by atoms with E-state index in [1.165, 1.54) is 0 Å². The third-order valence-corrected chi connectivity index (χ3v) is 5.82. The summed E-state index contributed by atoms with van der Waals surface area (Å²) in [7, 11) is 0. The predicted molar refractivity (Wildman–Crippen MR) is 98.6 cm³/mol. The molecule has 1 aromatic carbocycles. The van der Waals surface area contributed by atoms with E-state index in [9.17, 15) is 9.59 Å². The minimum absolute atomic E-state index is 0.0397. The lowest BCUT2D eigenvalue weighted by Gasteiger charge is -2.24. The summed E-state index contributed by atoms with van der Waals surface area (Å²) in [5.74, 6) is 0.171. The Hall–Kier alpha value is -2.34. The molecule has 2 aliphatic heterocycles. The lowest BCUT2D eigenvalue weighted by atomic mass is 9.86. The fourth-order valence-electron chi connectivity index (χ4n) is 3.81. The number of hydrogen-bond donors (Lipinski definition) is 1. The fraction of sp³-hybridized carbons (Fsp3) is 0.368. The number of hydrogen-bond acceptors (Lipinski definition) is 3. The molecule has 1 spiro atoms. The van der Waals surface area contributed by atoms with Crippen molar-refractivity contribution < 1.29 is 9.59 Å². The predicted octanol–water partition coefficient (Wildman–Crippen LogP) is 3.09. The van der Waals surface area contributed by atoms with Crippen LogP contribution in [0.25, 0.3) is 0 Å². The van der Waals surface area contributed by atoms with Gasteiger partial charge in [0.05, 0.1) is 5.69 Å². The van der Waals surface area contributed by atoms with E-state index in [1.807, 2.05) is 57.0 Å². The summed E-state index contributed by atoms with van der Waals surface area (Å²) in [6.07, 6.45) is 1.42. The van der Waals surface area contributed by atoms with Gasteiger partial charge in [0.2, 0.25) is 5.91 Å².